The molecule has 0 spiro atoms. The van der Waals surface area contributed by atoms with Gasteiger partial charge in [0.25, 0.3) is 5.56 Å². The Bertz CT molecular complexity index is 725. The molecular formula is C15H22N4O3S. The Morgan fingerprint density at radius 2 is 2.35 bits per heavy atom. The summed E-state index contributed by atoms with van der Waals surface area (Å²) in [6, 6.07) is 1.49. The van der Waals surface area contributed by atoms with Crippen molar-refractivity contribution >= 4 is 23.3 Å². The molecule has 23 heavy (non-hydrogen) atoms. The van der Waals surface area contributed by atoms with E-state index in [9.17, 15) is 14.7 Å². The van der Waals surface area contributed by atoms with Gasteiger partial charge in [-0.05, 0) is 31.8 Å². The first-order chi connectivity index (χ1) is 11.1. The highest BCUT2D eigenvalue weighted by Crippen LogP contribution is 2.06. The van der Waals surface area contributed by atoms with E-state index in [1.807, 2.05) is 6.26 Å². The second kappa shape index (κ2) is 8.16. The van der Waals surface area contributed by atoms with Crippen LogP contribution in [-0.4, -0.2) is 50.3 Å². The van der Waals surface area contributed by atoms with Crippen molar-refractivity contribution in [3.63, 3.8) is 0 Å². The number of hydrogen-bond donors (Lipinski definition) is 3. The fraction of sp³-hybridized carbons (Fsp3) is 0.533. The van der Waals surface area contributed by atoms with Gasteiger partial charge in [0.15, 0.2) is 5.65 Å². The van der Waals surface area contributed by atoms with E-state index < -0.39 is 0 Å². The highest BCUT2D eigenvalue weighted by atomic mass is 32.2. The number of carbonyl (C=O) groups excluding carboxylic acids is 1. The van der Waals surface area contributed by atoms with Crippen LogP contribution in [0.25, 0.3) is 5.65 Å². The predicted molar refractivity (Wildman–Crippen MR) is 90.9 cm³/mol. The number of H-pyrrole nitrogens is 1. The first-order valence-electron chi connectivity index (χ1n) is 7.51. The minimum absolute atomic E-state index is 0.0794. The number of aryl methyl sites for hydroxylation is 1. The fourth-order valence-corrected chi connectivity index (χ4v) is 2.92. The van der Waals surface area contributed by atoms with Crippen LogP contribution in [0.15, 0.2) is 17.1 Å². The van der Waals surface area contributed by atoms with E-state index in [4.69, 9.17) is 0 Å². The van der Waals surface area contributed by atoms with Crippen molar-refractivity contribution in [2.75, 3.05) is 18.6 Å². The first kappa shape index (κ1) is 17.6. The minimum Gasteiger partial charge on any atom is -0.394 e. The Morgan fingerprint density at radius 3 is 3.04 bits per heavy atom. The molecule has 8 heteroatoms. The summed E-state index contributed by atoms with van der Waals surface area (Å²) < 4.78 is 1.37. The van der Waals surface area contributed by atoms with Gasteiger partial charge in [-0.1, -0.05) is 0 Å². The van der Waals surface area contributed by atoms with Crippen molar-refractivity contribution in [2.45, 2.75) is 32.2 Å². The topological polar surface area (TPSA) is 99.5 Å². The number of amides is 1. The maximum atomic E-state index is 12.4. The summed E-state index contributed by atoms with van der Waals surface area (Å²) in [5.74, 6) is 0.708. The predicted octanol–water partition coefficient (Wildman–Crippen LogP) is 0.494. The summed E-state index contributed by atoms with van der Waals surface area (Å²) >= 11 is 1.67. The van der Waals surface area contributed by atoms with Crippen LogP contribution in [0, 0.1) is 6.92 Å². The van der Waals surface area contributed by atoms with E-state index in [1.54, 1.807) is 30.9 Å². The minimum atomic E-state index is -0.235. The molecule has 0 aliphatic rings. The number of aliphatic hydroxyl groups excluding tert-OH is 1. The molecule has 0 aliphatic carbocycles. The second-order valence-corrected chi connectivity index (χ2v) is 6.35. The molecule has 2 aromatic rings. The lowest BCUT2D eigenvalue weighted by Crippen LogP contribution is -2.38. The van der Waals surface area contributed by atoms with Gasteiger partial charge in [0, 0.05) is 29.9 Å². The van der Waals surface area contributed by atoms with Gasteiger partial charge >= 0.3 is 0 Å². The van der Waals surface area contributed by atoms with Gasteiger partial charge in [0.2, 0.25) is 5.91 Å². The lowest BCUT2D eigenvalue weighted by molar-refractivity contribution is -0.122. The molecule has 2 heterocycles. The smallest absolute Gasteiger partial charge is 0.276 e. The molecular weight excluding hydrogens is 316 g/mol. The first-order valence-corrected chi connectivity index (χ1v) is 8.91. The molecule has 1 amide bonds. The molecule has 0 radical (unpaired) electrons. The van der Waals surface area contributed by atoms with E-state index >= 15 is 0 Å². The third-order valence-corrected chi connectivity index (χ3v) is 4.35. The number of thioether (sulfide) groups is 1. The number of aromatic nitrogens is 3. The largest absolute Gasteiger partial charge is 0.394 e. The molecule has 2 rings (SSSR count). The van der Waals surface area contributed by atoms with Crippen molar-refractivity contribution in [3.05, 3.63) is 33.9 Å². The van der Waals surface area contributed by atoms with Crippen molar-refractivity contribution in [2.24, 2.45) is 0 Å². The zero-order valence-corrected chi connectivity index (χ0v) is 14.2. The maximum Gasteiger partial charge on any atom is 0.276 e. The Labute approximate surface area is 138 Å². The van der Waals surface area contributed by atoms with Crippen LogP contribution in [-0.2, 0) is 11.2 Å². The Morgan fingerprint density at radius 1 is 1.57 bits per heavy atom. The van der Waals surface area contributed by atoms with E-state index in [0.29, 0.717) is 23.3 Å². The number of aromatic amines is 1. The number of nitrogens with zero attached hydrogens (tertiary/aromatic N) is 2. The number of aliphatic hydroxyl groups is 1. The molecule has 7 nitrogen and oxygen atoms in total. The molecule has 0 fully saturated rings. The molecule has 0 bridgehead atoms. The van der Waals surface area contributed by atoms with Crippen LogP contribution in [0.5, 0.6) is 0 Å². The fourth-order valence-electron chi connectivity index (χ4n) is 2.40. The zero-order chi connectivity index (χ0) is 16.8. The molecule has 126 valence electrons. The van der Waals surface area contributed by atoms with E-state index in [0.717, 1.165) is 12.2 Å². The average Bonchev–Trinajstić information content (AvgIpc) is 2.99. The van der Waals surface area contributed by atoms with Crippen molar-refractivity contribution in [1.29, 1.82) is 0 Å². The monoisotopic (exact) mass is 338 g/mol. The maximum absolute atomic E-state index is 12.4. The molecule has 0 saturated carbocycles. The Kier molecular flexibility index (Phi) is 6.23. The molecule has 0 unspecified atom stereocenters. The van der Waals surface area contributed by atoms with Crippen LogP contribution in [0.1, 0.15) is 24.1 Å². The molecule has 1 atom stereocenters. The van der Waals surface area contributed by atoms with Gasteiger partial charge in [-0.25, -0.2) is 9.50 Å². The number of nitrogens with one attached hydrogen (secondary N) is 2. The number of carbonyl (C=O) groups is 1. The van der Waals surface area contributed by atoms with Gasteiger partial charge in [-0.3, -0.25) is 14.7 Å². The summed E-state index contributed by atoms with van der Waals surface area (Å²) in [7, 11) is 0. The van der Waals surface area contributed by atoms with E-state index in [2.05, 4.69) is 15.4 Å². The van der Waals surface area contributed by atoms with Gasteiger partial charge in [-0.2, -0.15) is 11.8 Å². The molecule has 0 aliphatic heterocycles. The van der Waals surface area contributed by atoms with E-state index in [-0.39, 0.29) is 30.5 Å². The van der Waals surface area contributed by atoms with E-state index in [1.165, 1.54) is 4.52 Å². The normalized spacial score (nSPS) is 12.5. The quantitative estimate of drug-likeness (QED) is 0.651. The van der Waals surface area contributed by atoms with Gasteiger partial charge in [0.1, 0.15) is 0 Å². The molecule has 0 aromatic carbocycles. The highest BCUT2D eigenvalue weighted by molar-refractivity contribution is 7.98. The third kappa shape index (κ3) is 4.35. The van der Waals surface area contributed by atoms with Crippen LogP contribution < -0.4 is 10.9 Å². The average molecular weight is 338 g/mol. The number of fused-ring (bicyclic) bond motifs is 1. The summed E-state index contributed by atoms with van der Waals surface area (Å²) in [5, 5.41) is 14.9. The zero-order valence-electron chi connectivity index (χ0n) is 13.3. The van der Waals surface area contributed by atoms with Gasteiger partial charge in [0.05, 0.1) is 12.6 Å². The van der Waals surface area contributed by atoms with Crippen molar-refractivity contribution in [1.82, 2.24) is 19.9 Å². The number of hydrogen-bond acceptors (Lipinski definition) is 5. The van der Waals surface area contributed by atoms with Crippen LogP contribution in [0.2, 0.25) is 0 Å². The number of rotatable bonds is 8. The molecule has 2 aromatic heterocycles. The van der Waals surface area contributed by atoms with Gasteiger partial charge in [-0.15, -0.1) is 0 Å². The summed E-state index contributed by atoms with van der Waals surface area (Å²) in [5.41, 5.74) is 1.57. The third-order valence-electron chi connectivity index (χ3n) is 3.70. The lowest BCUT2D eigenvalue weighted by atomic mass is 10.1. The van der Waals surface area contributed by atoms with Crippen LogP contribution >= 0.6 is 11.8 Å². The Hall–Kier alpha value is -1.80. The SMILES string of the molecule is CSCC[C@@H](CO)NC(=O)CCc1c(C)nc2cc[nH]n2c1=O. The molecule has 0 saturated heterocycles. The highest BCUT2D eigenvalue weighted by Gasteiger charge is 2.14. The molecule has 3 N–H and O–H groups in total. The second-order valence-electron chi connectivity index (χ2n) is 5.37. The van der Waals surface area contributed by atoms with Crippen molar-refractivity contribution < 1.29 is 9.90 Å². The Balaban J connectivity index is 2.00. The summed E-state index contributed by atoms with van der Waals surface area (Å²) in [4.78, 5) is 28.7. The lowest BCUT2D eigenvalue weighted by Gasteiger charge is -2.15. The summed E-state index contributed by atoms with van der Waals surface area (Å²) in [6.45, 7) is 1.70. The van der Waals surface area contributed by atoms with Crippen LogP contribution in [0.4, 0.5) is 0 Å². The standard InChI is InChI=1S/C15H22N4O3S/c1-10-12(15(22)19-13(17-10)5-7-16-19)3-4-14(21)18-11(9-20)6-8-23-2/h5,7,11,16,20H,3-4,6,8-9H2,1-2H3,(H,18,21)/t11-/m0/s1. The van der Waals surface area contributed by atoms with Crippen molar-refractivity contribution in [3.8, 4) is 0 Å². The van der Waals surface area contributed by atoms with Gasteiger partial charge < -0.3 is 10.4 Å². The summed E-state index contributed by atoms with van der Waals surface area (Å²) in [6.07, 6.45) is 4.88. The van der Waals surface area contributed by atoms with Crippen LogP contribution in [0.3, 0.4) is 0 Å².